The zero-order chi connectivity index (χ0) is 29.8. The van der Waals surface area contributed by atoms with Crippen molar-refractivity contribution in [3.8, 4) is 22.9 Å². The number of halogens is 1. The number of anilines is 2. The first kappa shape index (κ1) is 28.4. The van der Waals surface area contributed by atoms with Crippen molar-refractivity contribution in [3.63, 3.8) is 0 Å². The van der Waals surface area contributed by atoms with Crippen LogP contribution in [0.5, 0.6) is 11.6 Å². The van der Waals surface area contributed by atoms with Crippen LogP contribution in [0, 0.1) is 12.7 Å². The van der Waals surface area contributed by atoms with Crippen molar-refractivity contribution in [2.45, 2.75) is 31.6 Å². The number of piperidine rings is 1. The molecule has 0 radical (unpaired) electrons. The molecule has 1 fully saturated rings. The van der Waals surface area contributed by atoms with E-state index >= 15 is 4.39 Å². The van der Waals surface area contributed by atoms with E-state index < -0.39 is 21.6 Å². The molecule has 1 aliphatic heterocycles. The molecule has 5 aromatic rings. The third-order valence-electron chi connectivity index (χ3n) is 7.15. The molecule has 3 N–H and O–H groups in total. The zero-order valence-corrected chi connectivity index (χ0v) is 24.2. The van der Waals surface area contributed by atoms with Gasteiger partial charge >= 0.3 is 0 Å². The van der Waals surface area contributed by atoms with Gasteiger partial charge in [-0.25, -0.2) is 27.8 Å². The van der Waals surface area contributed by atoms with Crippen molar-refractivity contribution in [2.24, 2.45) is 0 Å². The van der Waals surface area contributed by atoms with Crippen molar-refractivity contribution in [2.75, 3.05) is 23.1 Å². The van der Waals surface area contributed by atoms with Gasteiger partial charge in [-0.2, -0.15) is 0 Å². The topological polar surface area (TPSA) is 131 Å². The van der Waals surface area contributed by atoms with Gasteiger partial charge in [0.05, 0.1) is 22.6 Å². The summed E-state index contributed by atoms with van der Waals surface area (Å²) in [6.07, 6.45) is 6.93. The second kappa shape index (κ2) is 12.3. The van der Waals surface area contributed by atoms with E-state index in [1.807, 2.05) is 13.0 Å². The first-order valence-corrected chi connectivity index (χ1v) is 15.6. The van der Waals surface area contributed by atoms with E-state index in [1.54, 1.807) is 60.9 Å². The Morgan fingerprint density at radius 1 is 0.977 bits per heavy atom. The normalized spacial score (nSPS) is 15.3. The number of hydrogen-bond donors (Lipinski definition) is 3. The number of rotatable bonds is 9. The number of sulfonamides is 1. The number of aromatic nitrogens is 4. The predicted octanol–water partition coefficient (Wildman–Crippen LogP) is 5.43. The quantitative estimate of drug-likeness (QED) is 0.203. The van der Waals surface area contributed by atoms with Crippen molar-refractivity contribution in [3.05, 3.63) is 96.3 Å². The van der Waals surface area contributed by atoms with Crippen molar-refractivity contribution in [1.82, 2.24) is 25.3 Å². The van der Waals surface area contributed by atoms with Crippen LogP contribution in [0.15, 0.2) is 79.3 Å². The van der Waals surface area contributed by atoms with Gasteiger partial charge in [0.25, 0.3) is 0 Å². The maximum absolute atomic E-state index is 15.1. The zero-order valence-electron chi connectivity index (χ0n) is 23.4. The van der Waals surface area contributed by atoms with Crippen LogP contribution in [-0.4, -0.2) is 47.5 Å². The number of ether oxygens (including phenoxy) is 1. The van der Waals surface area contributed by atoms with Gasteiger partial charge in [-0.15, -0.1) is 0 Å². The van der Waals surface area contributed by atoms with E-state index in [0.29, 0.717) is 45.3 Å². The minimum atomic E-state index is -3.97. The first-order chi connectivity index (χ1) is 20.9. The molecule has 4 heterocycles. The molecule has 3 aromatic heterocycles. The number of aryl methyl sites for hydroxylation is 1. The van der Waals surface area contributed by atoms with Gasteiger partial charge in [-0.3, -0.25) is 9.71 Å². The molecule has 0 bridgehead atoms. The van der Waals surface area contributed by atoms with E-state index in [2.05, 4.69) is 30.3 Å². The molecule has 1 saturated heterocycles. The number of fused-ring (bicyclic) bond motifs is 1. The average molecular weight is 600 g/mol. The fourth-order valence-corrected chi connectivity index (χ4v) is 6.22. The summed E-state index contributed by atoms with van der Waals surface area (Å²) in [6, 6.07) is 16.9. The predicted molar refractivity (Wildman–Crippen MR) is 164 cm³/mol. The molecule has 0 amide bonds. The Hall–Kier alpha value is -4.68. The van der Waals surface area contributed by atoms with E-state index in [-0.39, 0.29) is 11.7 Å². The summed E-state index contributed by atoms with van der Waals surface area (Å²) >= 11 is 0. The van der Waals surface area contributed by atoms with Crippen molar-refractivity contribution >= 4 is 32.4 Å². The number of pyridine rings is 2. The van der Waals surface area contributed by atoms with E-state index in [4.69, 9.17) is 9.72 Å². The van der Waals surface area contributed by atoms with Crippen molar-refractivity contribution < 1.29 is 17.5 Å². The van der Waals surface area contributed by atoms with E-state index in [9.17, 15) is 8.42 Å². The third kappa shape index (κ3) is 6.55. The van der Waals surface area contributed by atoms with Crippen LogP contribution in [0.3, 0.4) is 0 Å². The SMILES string of the molecule is Cc1ccc2c(NS(=O)(=O)Cc3ccccn3)c(F)ccc2c1Oc1ncccc1-c1ccnc(NC2CCCNC2)n1. The summed E-state index contributed by atoms with van der Waals surface area (Å²) in [5.41, 5.74) is 2.20. The molecule has 1 aliphatic rings. The van der Waals surface area contributed by atoms with Gasteiger partial charge in [-0.1, -0.05) is 18.2 Å². The van der Waals surface area contributed by atoms with Crippen LogP contribution in [0.4, 0.5) is 16.0 Å². The summed E-state index contributed by atoms with van der Waals surface area (Å²) in [5.74, 6) is 0.121. The van der Waals surface area contributed by atoms with Crippen LogP contribution in [-0.2, 0) is 15.8 Å². The molecule has 6 rings (SSSR count). The Morgan fingerprint density at radius 3 is 2.65 bits per heavy atom. The number of benzene rings is 2. The van der Waals surface area contributed by atoms with Crippen molar-refractivity contribution in [1.29, 1.82) is 0 Å². The number of nitrogens with one attached hydrogen (secondary N) is 3. The summed E-state index contributed by atoms with van der Waals surface area (Å²) < 4.78 is 49.9. The van der Waals surface area contributed by atoms with Crippen LogP contribution in [0.1, 0.15) is 24.1 Å². The molecule has 0 aliphatic carbocycles. The van der Waals surface area contributed by atoms with Gasteiger partial charge in [0.1, 0.15) is 17.3 Å². The number of hydrogen-bond acceptors (Lipinski definition) is 9. The monoisotopic (exact) mass is 599 g/mol. The molecule has 10 nitrogen and oxygen atoms in total. The molecule has 12 heteroatoms. The summed E-state index contributed by atoms with van der Waals surface area (Å²) in [5, 5.41) is 7.64. The van der Waals surface area contributed by atoms with Crippen LogP contribution in [0.25, 0.3) is 22.0 Å². The summed E-state index contributed by atoms with van der Waals surface area (Å²) in [7, 11) is -3.97. The summed E-state index contributed by atoms with van der Waals surface area (Å²) in [6.45, 7) is 3.71. The Bertz CT molecular complexity index is 1870. The summed E-state index contributed by atoms with van der Waals surface area (Å²) in [4.78, 5) is 17.7. The van der Waals surface area contributed by atoms with Crippen LogP contribution < -0.4 is 20.1 Å². The highest BCUT2D eigenvalue weighted by Gasteiger charge is 2.21. The molecule has 1 unspecified atom stereocenters. The molecule has 2 aromatic carbocycles. The Labute approximate surface area is 248 Å². The van der Waals surface area contributed by atoms with E-state index in [0.717, 1.165) is 31.5 Å². The van der Waals surface area contributed by atoms with Gasteiger partial charge < -0.3 is 15.4 Å². The minimum Gasteiger partial charge on any atom is -0.437 e. The lowest BCUT2D eigenvalue weighted by Gasteiger charge is -2.23. The Kier molecular flexibility index (Phi) is 8.12. The van der Waals surface area contributed by atoms with Gasteiger partial charge in [0.2, 0.25) is 21.9 Å². The van der Waals surface area contributed by atoms with E-state index in [1.165, 1.54) is 12.3 Å². The molecule has 0 spiro atoms. The number of nitrogens with zero attached hydrogens (tertiary/aromatic N) is 4. The highest BCUT2D eigenvalue weighted by molar-refractivity contribution is 7.91. The maximum Gasteiger partial charge on any atom is 0.238 e. The first-order valence-electron chi connectivity index (χ1n) is 13.9. The largest absolute Gasteiger partial charge is 0.437 e. The van der Waals surface area contributed by atoms with Gasteiger partial charge in [-0.05, 0) is 74.3 Å². The minimum absolute atomic E-state index is 0.164. The average Bonchev–Trinajstić information content (AvgIpc) is 3.01. The second-order valence-corrected chi connectivity index (χ2v) is 12.0. The van der Waals surface area contributed by atoms with Gasteiger partial charge in [0, 0.05) is 41.9 Å². The Morgan fingerprint density at radius 2 is 1.84 bits per heavy atom. The Balaban J connectivity index is 1.33. The molecule has 220 valence electrons. The fourth-order valence-electron chi connectivity index (χ4n) is 5.07. The molecular formula is C31H30FN7O3S. The smallest absolute Gasteiger partial charge is 0.238 e. The molecule has 1 atom stereocenters. The lowest BCUT2D eigenvalue weighted by atomic mass is 10.0. The van der Waals surface area contributed by atoms with Gasteiger partial charge in [0.15, 0.2) is 0 Å². The highest BCUT2D eigenvalue weighted by Crippen LogP contribution is 2.39. The second-order valence-electron chi connectivity index (χ2n) is 10.3. The maximum atomic E-state index is 15.1. The molecule has 43 heavy (non-hydrogen) atoms. The third-order valence-corrected chi connectivity index (χ3v) is 8.34. The molecule has 0 saturated carbocycles. The highest BCUT2D eigenvalue weighted by atomic mass is 32.2. The van der Waals surface area contributed by atoms with Crippen LogP contribution >= 0.6 is 0 Å². The lowest BCUT2D eigenvalue weighted by molar-refractivity contribution is 0.466. The molecular weight excluding hydrogens is 569 g/mol. The fraction of sp³-hybridized carbons (Fsp3) is 0.226. The van der Waals surface area contributed by atoms with Crippen LogP contribution in [0.2, 0.25) is 0 Å². The standard InChI is InChI=1S/C31H30FN7O3S/c1-20-9-10-23-24(11-12-26(32)28(23)39-43(40,41)19-22-6-2-3-15-34-22)29(20)42-30-25(8-5-16-35-30)27-13-17-36-31(38-27)37-21-7-4-14-33-18-21/h2-3,5-6,8-13,15-17,21,33,39H,4,7,14,18-19H2,1H3,(H,36,37,38). The lowest BCUT2D eigenvalue weighted by Crippen LogP contribution is -2.38.